The number of benzene rings is 1. The van der Waals surface area contributed by atoms with E-state index in [0.717, 1.165) is 5.56 Å². The van der Waals surface area contributed by atoms with Crippen LogP contribution in [0.25, 0.3) is 0 Å². The van der Waals surface area contributed by atoms with Crippen molar-refractivity contribution < 1.29 is 4.79 Å². The van der Waals surface area contributed by atoms with Gasteiger partial charge in [-0.15, -0.1) is 0 Å². The Kier molecular flexibility index (Phi) is 4.55. The van der Waals surface area contributed by atoms with Crippen LogP contribution in [0.4, 0.5) is 0 Å². The number of hydrogen-bond donors (Lipinski definition) is 0. The number of hydrogen-bond acceptors (Lipinski definition) is 3. The monoisotopic (exact) mass is 305 g/mol. The molecule has 0 N–H and O–H groups in total. The van der Waals surface area contributed by atoms with Crippen LogP contribution >= 0.6 is 11.6 Å². The number of carbonyl (C=O) groups excluding carboxylic acids is 1. The topological polar surface area (TPSA) is 47.3 Å². The van der Waals surface area contributed by atoms with Crippen molar-refractivity contribution in [3.8, 4) is 6.07 Å². The first kappa shape index (κ1) is 15.8. The second-order valence-corrected chi connectivity index (χ2v) is 6.34. The zero-order valence-corrected chi connectivity index (χ0v) is 13.4. The van der Waals surface area contributed by atoms with Gasteiger partial charge in [-0.2, -0.15) is 5.26 Å². The number of amides is 1. The quantitative estimate of drug-likeness (QED) is 0.844. The molecule has 1 fully saturated rings. The van der Waals surface area contributed by atoms with Gasteiger partial charge in [-0.05, 0) is 38.5 Å². The van der Waals surface area contributed by atoms with Crippen molar-refractivity contribution >= 4 is 17.5 Å². The van der Waals surface area contributed by atoms with Crippen LogP contribution in [0.1, 0.15) is 29.8 Å². The highest BCUT2D eigenvalue weighted by Gasteiger charge is 2.31. The van der Waals surface area contributed by atoms with Crippen LogP contribution in [0, 0.1) is 18.3 Å². The number of piperazine rings is 1. The third kappa shape index (κ3) is 3.37. The summed E-state index contributed by atoms with van der Waals surface area (Å²) in [6.45, 7) is 8.40. The van der Waals surface area contributed by atoms with Gasteiger partial charge in [0.05, 0.1) is 16.7 Å². The van der Waals surface area contributed by atoms with Gasteiger partial charge >= 0.3 is 0 Å². The third-order valence-corrected chi connectivity index (χ3v) is 4.30. The number of aryl methyl sites for hydroxylation is 1. The van der Waals surface area contributed by atoms with Crippen LogP contribution in [0.5, 0.6) is 0 Å². The zero-order valence-electron chi connectivity index (χ0n) is 12.7. The molecule has 1 amide bonds. The molecule has 1 heterocycles. The minimum atomic E-state index is -0.489. The van der Waals surface area contributed by atoms with Gasteiger partial charge in [0.25, 0.3) is 5.91 Å². The maximum absolute atomic E-state index is 12.5. The van der Waals surface area contributed by atoms with E-state index in [1.807, 2.05) is 32.9 Å². The molecule has 1 aliphatic rings. The molecule has 0 radical (unpaired) electrons. The molecule has 21 heavy (non-hydrogen) atoms. The molecule has 1 aromatic rings. The Balaban J connectivity index is 2.06. The maximum Gasteiger partial charge on any atom is 0.255 e. The number of nitriles is 1. The van der Waals surface area contributed by atoms with E-state index in [-0.39, 0.29) is 5.91 Å². The highest BCUT2D eigenvalue weighted by Crippen LogP contribution is 2.21. The average Bonchev–Trinajstić information content (AvgIpc) is 2.47. The van der Waals surface area contributed by atoms with Gasteiger partial charge in [-0.25, -0.2) is 0 Å². The van der Waals surface area contributed by atoms with Crippen molar-refractivity contribution in [1.82, 2.24) is 9.80 Å². The summed E-state index contributed by atoms with van der Waals surface area (Å²) >= 11 is 6.17. The molecule has 1 saturated heterocycles. The molecule has 0 saturated carbocycles. The van der Waals surface area contributed by atoms with Gasteiger partial charge in [0.15, 0.2) is 0 Å². The predicted molar refractivity (Wildman–Crippen MR) is 83.4 cm³/mol. The summed E-state index contributed by atoms with van der Waals surface area (Å²) < 4.78 is 0. The molecule has 2 rings (SSSR count). The fraction of sp³-hybridized carbons (Fsp3) is 0.500. The highest BCUT2D eigenvalue weighted by molar-refractivity contribution is 6.33. The summed E-state index contributed by atoms with van der Waals surface area (Å²) in [7, 11) is 0. The van der Waals surface area contributed by atoms with E-state index in [4.69, 9.17) is 11.6 Å². The fourth-order valence-electron chi connectivity index (χ4n) is 2.50. The van der Waals surface area contributed by atoms with Gasteiger partial charge in [-0.1, -0.05) is 17.7 Å². The lowest BCUT2D eigenvalue weighted by molar-refractivity contribution is 0.0521. The number of halogens is 1. The van der Waals surface area contributed by atoms with Crippen molar-refractivity contribution in [1.29, 1.82) is 5.26 Å². The van der Waals surface area contributed by atoms with Gasteiger partial charge in [0.2, 0.25) is 0 Å². The Morgan fingerprint density at radius 3 is 2.43 bits per heavy atom. The fourth-order valence-corrected chi connectivity index (χ4v) is 2.82. The van der Waals surface area contributed by atoms with E-state index in [9.17, 15) is 10.1 Å². The van der Waals surface area contributed by atoms with E-state index >= 15 is 0 Å². The molecule has 0 aliphatic carbocycles. The Bertz CT molecular complexity index is 584. The molecule has 0 bridgehead atoms. The Labute approximate surface area is 130 Å². The average molecular weight is 306 g/mol. The molecular weight excluding hydrogens is 286 g/mol. The number of carbonyl (C=O) groups is 1. The summed E-state index contributed by atoms with van der Waals surface area (Å²) in [6.07, 6.45) is 0. The molecule has 4 nitrogen and oxygen atoms in total. The third-order valence-electron chi connectivity index (χ3n) is 3.99. The summed E-state index contributed by atoms with van der Waals surface area (Å²) in [5.41, 5.74) is 1.10. The maximum atomic E-state index is 12.5. The Hall–Kier alpha value is -1.57. The molecule has 5 heteroatoms. The number of rotatable bonds is 2. The zero-order chi connectivity index (χ0) is 15.6. The van der Waals surface area contributed by atoms with E-state index < -0.39 is 5.54 Å². The minimum absolute atomic E-state index is 0.0330. The summed E-state index contributed by atoms with van der Waals surface area (Å²) in [6, 6.07) is 7.79. The van der Waals surface area contributed by atoms with Crippen LogP contribution < -0.4 is 0 Å². The first-order valence-corrected chi connectivity index (χ1v) is 7.44. The molecule has 0 spiro atoms. The van der Waals surface area contributed by atoms with E-state index in [1.54, 1.807) is 11.0 Å². The summed E-state index contributed by atoms with van der Waals surface area (Å²) in [5.74, 6) is -0.0330. The summed E-state index contributed by atoms with van der Waals surface area (Å²) in [5, 5.41) is 9.67. The van der Waals surface area contributed by atoms with Gasteiger partial charge in [-0.3, -0.25) is 9.69 Å². The van der Waals surface area contributed by atoms with Crippen molar-refractivity contribution in [3.05, 3.63) is 34.3 Å². The normalized spacial score (nSPS) is 16.6. The van der Waals surface area contributed by atoms with Crippen LogP contribution in [0.2, 0.25) is 5.02 Å². The molecule has 0 unspecified atom stereocenters. The molecule has 1 aliphatic heterocycles. The van der Waals surface area contributed by atoms with Gasteiger partial charge < -0.3 is 4.90 Å². The first-order chi connectivity index (χ1) is 9.85. The van der Waals surface area contributed by atoms with Crippen molar-refractivity contribution in [3.63, 3.8) is 0 Å². The molecule has 112 valence electrons. The lowest BCUT2D eigenvalue weighted by atomic mass is 10.0. The van der Waals surface area contributed by atoms with Crippen molar-refractivity contribution in [2.75, 3.05) is 26.2 Å². The van der Waals surface area contributed by atoms with Crippen LogP contribution in [0.3, 0.4) is 0 Å². The van der Waals surface area contributed by atoms with E-state index in [1.165, 1.54) is 0 Å². The predicted octanol–water partition coefficient (Wildman–Crippen LogP) is 2.71. The second-order valence-electron chi connectivity index (χ2n) is 5.93. The van der Waals surface area contributed by atoms with Crippen LogP contribution in [-0.2, 0) is 0 Å². The lowest BCUT2D eigenvalue weighted by Crippen LogP contribution is -2.55. The largest absolute Gasteiger partial charge is 0.336 e. The molecular formula is C16H20ClN3O. The first-order valence-electron chi connectivity index (χ1n) is 7.07. The number of nitrogens with zero attached hydrogens (tertiary/aromatic N) is 3. The van der Waals surface area contributed by atoms with Crippen molar-refractivity contribution in [2.24, 2.45) is 0 Å². The SMILES string of the molecule is Cc1ccc(C(=O)N2CCN(C(C)(C)C#N)CC2)c(Cl)c1. The van der Waals surface area contributed by atoms with Gasteiger partial charge in [0, 0.05) is 26.2 Å². The van der Waals surface area contributed by atoms with Crippen LogP contribution in [0.15, 0.2) is 18.2 Å². The van der Waals surface area contributed by atoms with E-state index in [2.05, 4.69) is 11.0 Å². The minimum Gasteiger partial charge on any atom is -0.336 e. The van der Waals surface area contributed by atoms with Crippen molar-refractivity contribution in [2.45, 2.75) is 26.3 Å². The van der Waals surface area contributed by atoms with Gasteiger partial charge in [0.1, 0.15) is 5.54 Å². The standard InChI is InChI=1S/C16H20ClN3O/c1-12-4-5-13(14(17)10-12)15(21)19-6-8-20(9-7-19)16(2,3)11-18/h4-5,10H,6-9H2,1-3H3. The highest BCUT2D eigenvalue weighted by atomic mass is 35.5. The molecule has 1 aromatic carbocycles. The smallest absolute Gasteiger partial charge is 0.255 e. The summed E-state index contributed by atoms with van der Waals surface area (Å²) in [4.78, 5) is 16.4. The second kappa shape index (κ2) is 6.05. The molecule has 0 aromatic heterocycles. The van der Waals surface area contributed by atoms with Crippen LogP contribution in [-0.4, -0.2) is 47.4 Å². The molecule has 0 atom stereocenters. The Morgan fingerprint density at radius 2 is 1.90 bits per heavy atom. The van der Waals surface area contributed by atoms with E-state index in [0.29, 0.717) is 36.8 Å². The lowest BCUT2D eigenvalue weighted by Gasteiger charge is -2.40. The Morgan fingerprint density at radius 1 is 1.29 bits per heavy atom.